The molecular weight excluding hydrogens is 424 g/mol. The first-order valence-electron chi connectivity index (χ1n) is 9.18. The average Bonchev–Trinajstić information content (AvgIpc) is 2.97. The number of aryl methyl sites for hydroxylation is 2. The molecule has 0 aliphatic heterocycles. The Bertz CT molecular complexity index is 1270. The highest BCUT2D eigenvalue weighted by Crippen LogP contribution is 2.22. The molecule has 2 aromatic carbocycles. The quantitative estimate of drug-likeness (QED) is 0.542. The molecule has 0 unspecified atom stereocenters. The van der Waals surface area contributed by atoms with E-state index in [0.29, 0.717) is 5.56 Å². The minimum absolute atomic E-state index is 0.123. The fourth-order valence-corrected chi connectivity index (χ4v) is 5.33. The van der Waals surface area contributed by atoms with E-state index in [1.165, 1.54) is 18.4 Å². The first-order chi connectivity index (χ1) is 14.2. The summed E-state index contributed by atoms with van der Waals surface area (Å²) in [5, 5.41) is 0. The van der Waals surface area contributed by atoms with E-state index in [2.05, 4.69) is 4.99 Å². The van der Waals surface area contributed by atoms with Gasteiger partial charge in [-0.3, -0.25) is 9.59 Å². The summed E-state index contributed by atoms with van der Waals surface area (Å²) in [5.41, 5.74) is 3.45. The lowest BCUT2D eigenvalue weighted by atomic mass is 10.1. The number of amides is 1. The number of fused-ring (bicyclic) bond motifs is 1. The Hall–Kier alpha value is -2.78. The van der Waals surface area contributed by atoms with Crippen LogP contribution in [0.3, 0.4) is 0 Å². The van der Waals surface area contributed by atoms with Gasteiger partial charge in [-0.1, -0.05) is 41.7 Å². The van der Waals surface area contributed by atoms with Gasteiger partial charge in [0.1, 0.15) is 12.3 Å². The number of esters is 1. The number of carbonyl (C=O) groups is 2. The third-order valence-electron chi connectivity index (χ3n) is 4.61. The Morgan fingerprint density at radius 1 is 1.10 bits per heavy atom. The number of rotatable bonds is 6. The number of ether oxygens (including phenoxy) is 1. The molecule has 0 aliphatic carbocycles. The van der Waals surface area contributed by atoms with Crippen molar-refractivity contribution >= 4 is 43.3 Å². The number of benzene rings is 2. The lowest BCUT2D eigenvalue weighted by Crippen LogP contribution is -2.24. The molecule has 3 aromatic rings. The van der Waals surface area contributed by atoms with E-state index in [1.807, 2.05) is 26.0 Å². The normalized spacial score (nSPS) is 12.3. The SMILES string of the molecule is COC(=O)Cn1c(=NC(=O)CS(=O)(=O)Cc2ccccc2)sc2cc(C)c(C)cc21. The molecular formula is C21H22N2O5S2. The maximum atomic E-state index is 12.5. The summed E-state index contributed by atoms with van der Waals surface area (Å²) in [6, 6.07) is 12.5. The predicted molar refractivity (Wildman–Crippen MR) is 116 cm³/mol. The first-order valence-corrected chi connectivity index (χ1v) is 11.8. The van der Waals surface area contributed by atoms with Crippen LogP contribution in [0.25, 0.3) is 10.2 Å². The van der Waals surface area contributed by atoms with E-state index < -0.39 is 27.5 Å². The Kier molecular flexibility index (Phi) is 6.52. The molecule has 158 valence electrons. The fraction of sp³-hybridized carbons (Fsp3) is 0.286. The van der Waals surface area contributed by atoms with Crippen molar-refractivity contribution in [1.29, 1.82) is 0 Å². The summed E-state index contributed by atoms with van der Waals surface area (Å²) < 4.78 is 32.0. The molecule has 0 atom stereocenters. The third kappa shape index (κ3) is 5.22. The largest absolute Gasteiger partial charge is 0.468 e. The van der Waals surface area contributed by atoms with Crippen molar-refractivity contribution in [2.75, 3.05) is 12.9 Å². The van der Waals surface area contributed by atoms with Gasteiger partial charge in [0.25, 0.3) is 5.91 Å². The average molecular weight is 447 g/mol. The van der Waals surface area contributed by atoms with Crippen molar-refractivity contribution in [3.05, 3.63) is 64.0 Å². The Morgan fingerprint density at radius 3 is 2.43 bits per heavy atom. The zero-order valence-corrected chi connectivity index (χ0v) is 18.5. The second-order valence-corrected chi connectivity index (χ2v) is 10.0. The van der Waals surface area contributed by atoms with Gasteiger partial charge in [0.15, 0.2) is 14.6 Å². The third-order valence-corrected chi connectivity index (χ3v) is 7.11. The summed E-state index contributed by atoms with van der Waals surface area (Å²) in [6.45, 7) is 3.80. The molecule has 0 saturated heterocycles. The van der Waals surface area contributed by atoms with Crippen LogP contribution in [0.4, 0.5) is 0 Å². The maximum absolute atomic E-state index is 12.5. The van der Waals surface area contributed by atoms with Crippen molar-refractivity contribution in [3.63, 3.8) is 0 Å². The Labute approximate surface area is 178 Å². The van der Waals surface area contributed by atoms with E-state index in [-0.39, 0.29) is 17.1 Å². The van der Waals surface area contributed by atoms with Crippen LogP contribution in [-0.4, -0.2) is 37.7 Å². The maximum Gasteiger partial charge on any atom is 0.325 e. The molecule has 0 spiro atoms. The fourth-order valence-electron chi connectivity index (χ4n) is 2.96. The van der Waals surface area contributed by atoms with Gasteiger partial charge in [0.05, 0.1) is 23.1 Å². The van der Waals surface area contributed by atoms with Crippen molar-refractivity contribution in [2.24, 2.45) is 4.99 Å². The van der Waals surface area contributed by atoms with Crippen LogP contribution in [-0.2, 0) is 36.5 Å². The van der Waals surface area contributed by atoms with Gasteiger partial charge < -0.3 is 9.30 Å². The van der Waals surface area contributed by atoms with Crippen LogP contribution in [0.15, 0.2) is 47.5 Å². The molecule has 1 aromatic heterocycles. The van der Waals surface area contributed by atoms with Gasteiger partial charge in [-0.05, 0) is 42.7 Å². The van der Waals surface area contributed by atoms with Crippen LogP contribution in [0.1, 0.15) is 16.7 Å². The Balaban J connectivity index is 1.96. The van der Waals surface area contributed by atoms with Gasteiger partial charge in [0.2, 0.25) is 0 Å². The molecule has 0 N–H and O–H groups in total. The number of methoxy groups -OCH3 is 1. The summed E-state index contributed by atoms with van der Waals surface area (Å²) >= 11 is 1.23. The molecule has 9 heteroatoms. The van der Waals surface area contributed by atoms with Gasteiger partial charge in [0, 0.05) is 0 Å². The Morgan fingerprint density at radius 2 is 1.77 bits per heavy atom. The summed E-state index contributed by atoms with van der Waals surface area (Å²) in [5.74, 6) is -2.20. The molecule has 0 saturated carbocycles. The number of nitrogens with zero attached hydrogens (tertiary/aromatic N) is 2. The standard InChI is InChI=1S/C21H22N2O5S2/c1-14-9-17-18(10-15(14)2)29-21(23(17)11-20(25)28-3)22-19(24)13-30(26,27)12-16-7-5-4-6-8-16/h4-10H,11-13H2,1-3H3. The van der Waals surface area contributed by atoms with Gasteiger partial charge >= 0.3 is 5.97 Å². The monoisotopic (exact) mass is 446 g/mol. The number of hydrogen-bond acceptors (Lipinski definition) is 6. The summed E-state index contributed by atoms with van der Waals surface area (Å²) in [6.07, 6.45) is 0. The van der Waals surface area contributed by atoms with E-state index >= 15 is 0 Å². The van der Waals surface area contributed by atoms with Crippen molar-refractivity contribution in [1.82, 2.24) is 4.57 Å². The van der Waals surface area contributed by atoms with Crippen LogP contribution in [0, 0.1) is 13.8 Å². The van der Waals surface area contributed by atoms with Gasteiger partial charge in [-0.25, -0.2) is 8.42 Å². The van der Waals surface area contributed by atoms with Crippen molar-refractivity contribution < 1.29 is 22.7 Å². The second-order valence-electron chi connectivity index (χ2n) is 6.97. The summed E-state index contributed by atoms with van der Waals surface area (Å²) in [7, 11) is -2.39. The van der Waals surface area contributed by atoms with E-state index in [4.69, 9.17) is 4.74 Å². The molecule has 0 radical (unpaired) electrons. The smallest absolute Gasteiger partial charge is 0.325 e. The van der Waals surface area contributed by atoms with Crippen LogP contribution in [0.2, 0.25) is 0 Å². The number of aromatic nitrogens is 1. The number of carbonyl (C=O) groups excluding carboxylic acids is 2. The predicted octanol–water partition coefficient (Wildman–Crippen LogP) is 2.53. The molecule has 7 nitrogen and oxygen atoms in total. The molecule has 1 amide bonds. The van der Waals surface area contributed by atoms with Crippen molar-refractivity contribution in [2.45, 2.75) is 26.1 Å². The number of sulfone groups is 1. The summed E-state index contributed by atoms with van der Waals surface area (Å²) in [4.78, 5) is 28.6. The molecule has 1 heterocycles. The zero-order valence-electron chi connectivity index (χ0n) is 16.9. The number of thiazole rings is 1. The van der Waals surface area contributed by atoms with Crippen LogP contribution >= 0.6 is 11.3 Å². The highest BCUT2D eigenvalue weighted by atomic mass is 32.2. The molecule has 0 bridgehead atoms. The highest BCUT2D eigenvalue weighted by molar-refractivity contribution is 7.91. The molecule has 0 fully saturated rings. The van der Waals surface area contributed by atoms with Crippen LogP contribution in [0.5, 0.6) is 0 Å². The topological polar surface area (TPSA) is 94.8 Å². The van der Waals surface area contributed by atoms with Crippen LogP contribution < -0.4 is 4.80 Å². The number of hydrogen-bond donors (Lipinski definition) is 0. The lowest BCUT2D eigenvalue weighted by molar-refractivity contribution is -0.141. The zero-order chi connectivity index (χ0) is 21.9. The van der Waals surface area contributed by atoms with Gasteiger partial charge in [-0.2, -0.15) is 4.99 Å². The molecule has 30 heavy (non-hydrogen) atoms. The first kappa shape index (κ1) is 21.9. The van der Waals surface area contributed by atoms with Gasteiger partial charge in [-0.15, -0.1) is 0 Å². The van der Waals surface area contributed by atoms with E-state index in [1.54, 1.807) is 34.9 Å². The van der Waals surface area contributed by atoms with E-state index in [0.717, 1.165) is 21.3 Å². The minimum atomic E-state index is -3.68. The second kappa shape index (κ2) is 8.93. The lowest BCUT2D eigenvalue weighted by Gasteiger charge is -2.06. The molecule has 3 rings (SSSR count). The van der Waals surface area contributed by atoms with E-state index in [9.17, 15) is 18.0 Å². The minimum Gasteiger partial charge on any atom is -0.468 e. The van der Waals surface area contributed by atoms with Crippen molar-refractivity contribution in [3.8, 4) is 0 Å². The molecule has 0 aliphatic rings. The highest BCUT2D eigenvalue weighted by Gasteiger charge is 2.18.